The summed E-state index contributed by atoms with van der Waals surface area (Å²) in [5.41, 5.74) is 0. The molecule has 1 saturated carbocycles. The molecule has 0 aliphatic heterocycles. The van der Waals surface area contributed by atoms with E-state index in [0.29, 0.717) is 12.0 Å². The molecule has 0 spiro atoms. The highest BCUT2D eigenvalue weighted by Crippen LogP contribution is 2.24. The number of rotatable bonds is 5. The van der Waals surface area contributed by atoms with Crippen molar-refractivity contribution in [3.63, 3.8) is 0 Å². The summed E-state index contributed by atoms with van der Waals surface area (Å²) in [5.74, 6) is 0.712. The van der Waals surface area contributed by atoms with E-state index in [-0.39, 0.29) is 0 Å². The van der Waals surface area contributed by atoms with Crippen molar-refractivity contribution in [2.45, 2.75) is 38.6 Å². The minimum atomic E-state index is -2.35. The van der Waals surface area contributed by atoms with Gasteiger partial charge in [0, 0.05) is 20.3 Å². The van der Waals surface area contributed by atoms with Crippen molar-refractivity contribution in [3.05, 3.63) is 0 Å². The van der Waals surface area contributed by atoms with Crippen LogP contribution in [0.3, 0.4) is 0 Å². The molecule has 0 amide bonds. The molecule has 5 heteroatoms. The van der Waals surface area contributed by atoms with E-state index in [2.05, 4.69) is 16.9 Å². The topological polar surface area (TPSA) is 42.5 Å². The molecule has 1 fully saturated rings. The third kappa shape index (κ3) is 3.25. The maximum absolute atomic E-state index is 5.48. The molecule has 2 unspecified atom stereocenters. The summed E-state index contributed by atoms with van der Waals surface area (Å²) >= 11 is 0. The van der Waals surface area contributed by atoms with Gasteiger partial charge in [-0.05, 0) is 25.8 Å². The van der Waals surface area contributed by atoms with Gasteiger partial charge in [0.2, 0.25) is 0 Å². The van der Waals surface area contributed by atoms with E-state index in [1.54, 1.807) is 14.2 Å². The molecule has 0 saturated heterocycles. The molecular formula is C10H24N2O2Si. The highest BCUT2D eigenvalue weighted by Gasteiger charge is 2.39. The fraction of sp³-hybridized carbons (Fsp3) is 1.00. The molecule has 0 heterocycles. The van der Waals surface area contributed by atoms with Crippen molar-refractivity contribution in [1.82, 2.24) is 9.96 Å². The van der Waals surface area contributed by atoms with Gasteiger partial charge in [0.05, 0.1) is 0 Å². The third-order valence-corrected chi connectivity index (χ3v) is 5.95. The van der Waals surface area contributed by atoms with Crippen LogP contribution in [0.1, 0.15) is 32.6 Å². The van der Waals surface area contributed by atoms with Gasteiger partial charge in [-0.25, -0.2) is 0 Å². The standard InChI is InChI=1S/C10H24N2O2Si/c1-9-7-5-6-8-10(9)12-15(11-2,13-3)14-4/h9-12H,5-8H2,1-4H3. The van der Waals surface area contributed by atoms with Gasteiger partial charge in [0.1, 0.15) is 0 Å². The molecule has 2 atom stereocenters. The summed E-state index contributed by atoms with van der Waals surface area (Å²) in [6.45, 7) is 2.30. The fourth-order valence-corrected chi connectivity index (χ4v) is 4.12. The monoisotopic (exact) mass is 232 g/mol. The second-order valence-electron chi connectivity index (χ2n) is 4.29. The summed E-state index contributed by atoms with van der Waals surface area (Å²) in [6, 6.07) is 0.526. The summed E-state index contributed by atoms with van der Waals surface area (Å²) in [6.07, 6.45) is 5.20. The second kappa shape index (κ2) is 5.96. The van der Waals surface area contributed by atoms with Crippen molar-refractivity contribution in [2.75, 3.05) is 21.3 Å². The first kappa shape index (κ1) is 13.1. The summed E-state index contributed by atoms with van der Waals surface area (Å²) < 4.78 is 11.0. The van der Waals surface area contributed by atoms with Crippen LogP contribution in [0, 0.1) is 5.92 Å². The van der Waals surface area contributed by atoms with Crippen LogP contribution < -0.4 is 9.96 Å². The predicted octanol–water partition coefficient (Wildman–Crippen LogP) is 1.10. The van der Waals surface area contributed by atoms with Crippen molar-refractivity contribution in [2.24, 2.45) is 5.92 Å². The van der Waals surface area contributed by atoms with Gasteiger partial charge in [-0.3, -0.25) is 9.96 Å². The molecule has 0 aromatic carbocycles. The van der Waals surface area contributed by atoms with E-state index in [9.17, 15) is 0 Å². The summed E-state index contributed by atoms with van der Waals surface area (Å²) in [7, 11) is 2.94. The lowest BCUT2D eigenvalue weighted by Crippen LogP contribution is -2.68. The Hall–Kier alpha value is 0.0569. The van der Waals surface area contributed by atoms with Crippen LogP contribution >= 0.6 is 0 Å². The molecule has 0 radical (unpaired) electrons. The molecule has 4 nitrogen and oxygen atoms in total. The van der Waals surface area contributed by atoms with Gasteiger partial charge in [-0.1, -0.05) is 19.8 Å². The van der Waals surface area contributed by atoms with E-state index in [0.717, 1.165) is 0 Å². The van der Waals surface area contributed by atoms with Crippen molar-refractivity contribution in [1.29, 1.82) is 0 Å². The van der Waals surface area contributed by atoms with Gasteiger partial charge in [0.25, 0.3) is 0 Å². The highest BCUT2D eigenvalue weighted by molar-refractivity contribution is 6.62. The van der Waals surface area contributed by atoms with Gasteiger partial charge < -0.3 is 8.85 Å². The fourth-order valence-electron chi connectivity index (χ4n) is 2.25. The second-order valence-corrected chi connectivity index (χ2v) is 7.13. The third-order valence-electron chi connectivity index (χ3n) is 3.39. The molecule has 1 rings (SSSR count). The first-order valence-corrected chi connectivity index (χ1v) is 7.56. The molecule has 2 N–H and O–H groups in total. The van der Waals surface area contributed by atoms with Crippen LogP contribution in [0.5, 0.6) is 0 Å². The Bertz CT molecular complexity index is 180. The molecule has 0 aromatic heterocycles. The van der Waals surface area contributed by atoms with Crippen molar-refractivity contribution >= 4 is 8.88 Å². The normalized spacial score (nSPS) is 28.0. The minimum Gasteiger partial charge on any atom is -0.374 e. The first-order chi connectivity index (χ1) is 7.17. The molecular weight excluding hydrogens is 208 g/mol. The lowest BCUT2D eigenvalue weighted by Gasteiger charge is -2.36. The Morgan fingerprint density at radius 1 is 1.13 bits per heavy atom. The molecule has 1 aliphatic carbocycles. The van der Waals surface area contributed by atoms with Crippen LogP contribution in [0.2, 0.25) is 0 Å². The Kier molecular flexibility index (Phi) is 5.21. The van der Waals surface area contributed by atoms with Crippen LogP contribution in [0.25, 0.3) is 0 Å². The molecule has 1 aliphatic rings. The molecule has 15 heavy (non-hydrogen) atoms. The zero-order valence-corrected chi connectivity index (χ0v) is 11.3. The average Bonchev–Trinajstić information content (AvgIpc) is 2.29. The quantitative estimate of drug-likeness (QED) is 0.697. The minimum absolute atomic E-state index is 0.526. The van der Waals surface area contributed by atoms with Crippen molar-refractivity contribution < 1.29 is 8.85 Å². The average molecular weight is 232 g/mol. The summed E-state index contributed by atoms with van der Waals surface area (Å²) in [4.78, 5) is 6.72. The largest absolute Gasteiger partial charge is 0.516 e. The summed E-state index contributed by atoms with van der Waals surface area (Å²) in [5, 5.41) is 0. The van der Waals surface area contributed by atoms with E-state index >= 15 is 0 Å². The van der Waals surface area contributed by atoms with Crippen LogP contribution in [0.4, 0.5) is 0 Å². The number of hydrogen-bond donors (Lipinski definition) is 2. The van der Waals surface area contributed by atoms with Crippen LogP contribution in [-0.4, -0.2) is 36.2 Å². The maximum Gasteiger partial charge on any atom is 0.516 e. The Morgan fingerprint density at radius 2 is 1.73 bits per heavy atom. The zero-order valence-electron chi connectivity index (χ0n) is 10.3. The number of hydrogen-bond acceptors (Lipinski definition) is 4. The van der Waals surface area contributed by atoms with Crippen LogP contribution in [0.15, 0.2) is 0 Å². The highest BCUT2D eigenvalue weighted by atomic mass is 28.4. The zero-order chi connectivity index (χ0) is 11.3. The smallest absolute Gasteiger partial charge is 0.374 e. The Labute approximate surface area is 94.1 Å². The van der Waals surface area contributed by atoms with E-state index < -0.39 is 8.88 Å². The van der Waals surface area contributed by atoms with Gasteiger partial charge in [0.15, 0.2) is 0 Å². The van der Waals surface area contributed by atoms with Crippen molar-refractivity contribution in [3.8, 4) is 0 Å². The van der Waals surface area contributed by atoms with Crippen LogP contribution in [-0.2, 0) is 8.85 Å². The lowest BCUT2D eigenvalue weighted by molar-refractivity contribution is 0.191. The predicted molar refractivity (Wildman–Crippen MR) is 63.4 cm³/mol. The molecule has 0 aromatic rings. The maximum atomic E-state index is 5.48. The van der Waals surface area contributed by atoms with E-state index in [4.69, 9.17) is 8.85 Å². The molecule has 90 valence electrons. The number of nitrogens with one attached hydrogen (secondary N) is 2. The SMILES string of the molecule is CN[Si](NC1CCCCC1C)(OC)OC. The Morgan fingerprint density at radius 3 is 2.20 bits per heavy atom. The lowest BCUT2D eigenvalue weighted by atomic mass is 9.87. The van der Waals surface area contributed by atoms with Gasteiger partial charge in [-0.2, -0.15) is 0 Å². The Balaban J connectivity index is 2.56. The van der Waals surface area contributed by atoms with Gasteiger partial charge in [-0.15, -0.1) is 0 Å². The molecule has 0 bridgehead atoms. The first-order valence-electron chi connectivity index (χ1n) is 5.74. The van der Waals surface area contributed by atoms with E-state index in [1.165, 1.54) is 25.7 Å². The van der Waals surface area contributed by atoms with Gasteiger partial charge >= 0.3 is 8.88 Å². The van der Waals surface area contributed by atoms with E-state index in [1.807, 2.05) is 7.05 Å².